The monoisotopic (exact) mass is 502 g/mol. The van der Waals surface area contributed by atoms with Crippen molar-refractivity contribution in [2.75, 3.05) is 6.54 Å². The van der Waals surface area contributed by atoms with Gasteiger partial charge in [0, 0.05) is 19.0 Å². The Morgan fingerprint density at radius 1 is 1.08 bits per heavy atom. The molecule has 1 aliphatic carbocycles. The molecule has 0 spiro atoms. The maximum absolute atomic E-state index is 13.9. The molecule has 1 aromatic rings. The molecule has 200 valence electrons. The van der Waals surface area contributed by atoms with E-state index in [1.807, 2.05) is 37.3 Å². The van der Waals surface area contributed by atoms with Crippen LogP contribution in [0.2, 0.25) is 0 Å². The summed E-state index contributed by atoms with van der Waals surface area (Å²) in [6, 6.07) is 7.27. The second kappa shape index (κ2) is 13.8. The van der Waals surface area contributed by atoms with Gasteiger partial charge in [0.2, 0.25) is 17.7 Å². The van der Waals surface area contributed by atoms with Crippen molar-refractivity contribution in [1.82, 2.24) is 15.5 Å². The molecule has 4 amide bonds. The number of primary amides is 1. The van der Waals surface area contributed by atoms with Crippen LogP contribution < -0.4 is 16.4 Å². The number of hydrogen-bond acceptors (Lipinski definition) is 5. The number of amides is 4. The number of rotatable bonds is 11. The molecule has 0 aliphatic heterocycles. The lowest BCUT2D eigenvalue weighted by atomic mass is 9.94. The van der Waals surface area contributed by atoms with Crippen molar-refractivity contribution in [3.63, 3.8) is 0 Å². The van der Waals surface area contributed by atoms with E-state index in [2.05, 4.69) is 10.6 Å². The van der Waals surface area contributed by atoms with Crippen molar-refractivity contribution in [1.29, 1.82) is 0 Å². The van der Waals surface area contributed by atoms with Gasteiger partial charge >= 0.3 is 6.09 Å². The Labute approximate surface area is 214 Å². The van der Waals surface area contributed by atoms with Gasteiger partial charge < -0.3 is 26.0 Å². The number of alkyl carbamates (subject to hydrolysis) is 1. The van der Waals surface area contributed by atoms with Gasteiger partial charge in [-0.15, -0.1) is 0 Å². The van der Waals surface area contributed by atoms with Crippen molar-refractivity contribution in [3.05, 3.63) is 35.9 Å². The fraction of sp³-hybridized carbons (Fsp3) is 0.630. The molecule has 0 heterocycles. The Balaban J connectivity index is 2.37. The molecule has 2 atom stereocenters. The van der Waals surface area contributed by atoms with Gasteiger partial charge in [-0.2, -0.15) is 0 Å². The number of nitrogens with zero attached hydrogens (tertiary/aromatic N) is 1. The summed E-state index contributed by atoms with van der Waals surface area (Å²) in [5, 5.41) is 5.76. The van der Waals surface area contributed by atoms with Crippen molar-refractivity contribution < 1.29 is 23.9 Å². The molecule has 0 bridgehead atoms. The van der Waals surface area contributed by atoms with Gasteiger partial charge in [-0.1, -0.05) is 56.5 Å². The Kier molecular flexibility index (Phi) is 11.2. The molecule has 9 nitrogen and oxygen atoms in total. The summed E-state index contributed by atoms with van der Waals surface area (Å²) in [5.74, 6) is -1.30. The third kappa shape index (κ3) is 9.51. The number of nitrogens with two attached hydrogens (primary N) is 1. The van der Waals surface area contributed by atoms with Gasteiger partial charge in [0.1, 0.15) is 17.7 Å². The van der Waals surface area contributed by atoms with Gasteiger partial charge in [0.15, 0.2) is 0 Å². The summed E-state index contributed by atoms with van der Waals surface area (Å²) >= 11 is 0. The highest BCUT2D eigenvalue weighted by Crippen LogP contribution is 2.25. The molecule has 1 fully saturated rings. The molecule has 0 saturated heterocycles. The van der Waals surface area contributed by atoms with E-state index in [1.165, 1.54) is 4.90 Å². The number of hydrogen-bond donors (Lipinski definition) is 3. The second-order valence-electron chi connectivity index (χ2n) is 10.4. The minimum absolute atomic E-state index is 0.000618. The highest BCUT2D eigenvalue weighted by Gasteiger charge is 2.36. The third-order valence-electron chi connectivity index (χ3n) is 6.04. The number of ether oxygens (including phenoxy) is 1. The highest BCUT2D eigenvalue weighted by atomic mass is 16.6. The van der Waals surface area contributed by atoms with Crippen LogP contribution in [0.1, 0.15) is 90.7 Å². The van der Waals surface area contributed by atoms with Crippen molar-refractivity contribution in [2.45, 2.75) is 103 Å². The maximum Gasteiger partial charge on any atom is 0.408 e. The number of benzene rings is 1. The van der Waals surface area contributed by atoms with Crippen LogP contribution in [0.15, 0.2) is 30.3 Å². The van der Waals surface area contributed by atoms with E-state index >= 15 is 0 Å². The molecule has 1 aliphatic rings. The predicted molar refractivity (Wildman–Crippen MR) is 138 cm³/mol. The highest BCUT2D eigenvalue weighted by molar-refractivity contribution is 5.92. The number of carbonyl (C=O) groups is 4. The maximum atomic E-state index is 13.9. The van der Waals surface area contributed by atoms with Crippen LogP contribution in [0.25, 0.3) is 0 Å². The Morgan fingerprint density at radius 2 is 1.72 bits per heavy atom. The van der Waals surface area contributed by atoms with Crippen LogP contribution in [0.3, 0.4) is 0 Å². The van der Waals surface area contributed by atoms with Crippen LogP contribution in [-0.4, -0.2) is 52.9 Å². The fourth-order valence-electron chi connectivity index (χ4n) is 4.44. The quantitative estimate of drug-likeness (QED) is 0.426. The summed E-state index contributed by atoms with van der Waals surface area (Å²) < 4.78 is 5.34. The van der Waals surface area contributed by atoms with E-state index in [-0.39, 0.29) is 24.8 Å². The molecule has 0 aromatic heterocycles. The zero-order valence-electron chi connectivity index (χ0n) is 22.0. The number of carbonyl (C=O) groups excluding carboxylic acids is 4. The summed E-state index contributed by atoms with van der Waals surface area (Å²) in [6.45, 7) is 7.37. The molecule has 1 saturated carbocycles. The van der Waals surface area contributed by atoms with Crippen molar-refractivity contribution >= 4 is 23.8 Å². The van der Waals surface area contributed by atoms with Gasteiger partial charge in [-0.05, 0) is 52.0 Å². The van der Waals surface area contributed by atoms with Crippen molar-refractivity contribution in [2.24, 2.45) is 5.73 Å². The third-order valence-corrected chi connectivity index (χ3v) is 6.04. The molecular weight excluding hydrogens is 460 g/mol. The first-order chi connectivity index (χ1) is 17.0. The fourth-order valence-corrected chi connectivity index (χ4v) is 4.44. The first-order valence-electron chi connectivity index (χ1n) is 13.0. The van der Waals surface area contributed by atoms with Crippen molar-refractivity contribution in [3.8, 4) is 0 Å². The second-order valence-corrected chi connectivity index (χ2v) is 10.4. The molecule has 2 rings (SSSR count). The zero-order valence-corrected chi connectivity index (χ0v) is 22.0. The SMILES string of the molecule is CCCN(C(=O)C(CCC(N)=O)NC(=O)OC(C)(C)C)C(C(=O)NC1CCCCC1)c1ccccc1. The summed E-state index contributed by atoms with van der Waals surface area (Å²) in [7, 11) is 0. The molecule has 0 radical (unpaired) electrons. The van der Waals surface area contributed by atoms with Crippen LogP contribution in [0.4, 0.5) is 4.79 Å². The largest absolute Gasteiger partial charge is 0.444 e. The van der Waals surface area contributed by atoms with E-state index < -0.39 is 35.6 Å². The summed E-state index contributed by atoms with van der Waals surface area (Å²) in [5.41, 5.74) is 5.25. The van der Waals surface area contributed by atoms with E-state index in [0.29, 0.717) is 18.5 Å². The average molecular weight is 503 g/mol. The normalized spacial score (nSPS) is 15.9. The van der Waals surface area contributed by atoms with E-state index in [0.717, 1.165) is 32.1 Å². The zero-order chi connectivity index (χ0) is 26.7. The molecule has 4 N–H and O–H groups in total. The first-order valence-corrected chi connectivity index (χ1v) is 13.0. The Hall–Kier alpha value is -3.10. The standard InChI is InChI=1S/C27H42N4O5/c1-5-18-31(25(34)21(16-17-22(28)32)30-26(35)36-27(2,3)4)23(19-12-8-6-9-13-19)24(33)29-20-14-10-7-11-15-20/h6,8-9,12-13,20-21,23H,5,7,10-11,14-18H2,1-4H3,(H2,28,32)(H,29,33)(H,30,35). The van der Waals surface area contributed by atoms with Gasteiger partial charge in [-0.3, -0.25) is 14.4 Å². The van der Waals surface area contributed by atoms with Crippen LogP contribution in [-0.2, 0) is 19.1 Å². The van der Waals surface area contributed by atoms with E-state index in [1.54, 1.807) is 20.8 Å². The van der Waals surface area contributed by atoms with E-state index in [9.17, 15) is 19.2 Å². The minimum Gasteiger partial charge on any atom is -0.444 e. The predicted octanol–water partition coefficient (Wildman–Crippen LogP) is 3.57. The summed E-state index contributed by atoms with van der Waals surface area (Å²) in [6.07, 6.45) is 4.84. The Morgan fingerprint density at radius 3 is 2.28 bits per heavy atom. The lowest BCUT2D eigenvalue weighted by molar-refractivity contribution is -0.143. The number of nitrogens with one attached hydrogen (secondary N) is 2. The minimum atomic E-state index is -1.08. The van der Waals surface area contributed by atoms with E-state index in [4.69, 9.17) is 10.5 Å². The van der Waals surface area contributed by atoms with Gasteiger partial charge in [0.05, 0.1) is 0 Å². The lowest BCUT2D eigenvalue weighted by Crippen LogP contribution is -2.54. The molecule has 36 heavy (non-hydrogen) atoms. The van der Waals surface area contributed by atoms with Crippen LogP contribution >= 0.6 is 0 Å². The van der Waals surface area contributed by atoms with Gasteiger partial charge in [-0.25, -0.2) is 4.79 Å². The Bertz CT molecular complexity index is 878. The molecule has 1 aromatic carbocycles. The molecule has 2 unspecified atom stereocenters. The average Bonchev–Trinajstić information content (AvgIpc) is 2.81. The van der Waals surface area contributed by atoms with Crippen LogP contribution in [0.5, 0.6) is 0 Å². The lowest BCUT2D eigenvalue weighted by Gasteiger charge is -2.35. The van der Waals surface area contributed by atoms with Crippen LogP contribution in [0, 0.1) is 0 Å². The van der Waals surface area contributed by atoms with Gasteiger partial charge in [0.25, 0.3) is 0 Å². The summed E-state index contributed by atoms with van der Waals surface area (Å²) in [4.78, 5) is 53.1. The first kappa shape index (κ1) is 29.1. The topological polar surface area (TPSA) is 131 Å². The molecular formula is C27H42N4O5. The molecule has 9 heteroatoms. The smallest absolute Gasteiger partial charge is 0.408 e.